The van der Waals surface area contributed by atoms with E-state index in [1.807, 2.05) is 32.0 Å². The van der Waals surface area contributed by atoms with Crippen LogP contribution in [0.3, 0.4) is 0 Å². The Bertz CT molecular complexity index is 638. The van der Waals surface area contributed by atoms with Crippen LogP contribution in [0.15, 0.2) is 29.4 Å². The van der Waals surface area contributed by atoms with Gasteiger partial charge in [-0.1, -0.05) is 30.0 Å². The zero-order chi connectivity index (χ0) is 15.5. The average molecular weight is 319 g/mol. The molecule has 0 amide bonds. The van der Waals surface area contributed by atoms with Gasteiger partial charge in [0.1, 0.15) is 12.4 Å². The summed E-state index contributed by atoms with van der Waals surface area (Å²) in [4.78, 5) is 0. The Balaban J connectivity index is 1.74. The molecule has 0 saturated heterocycles. The minimum Gasteiger partial charge on any atom is -0.491 e. The third-order valence-corrected chi connectivity index (χ3v) is 4.47. The Hall–Kier alpha value is -1.53. The van der Waals surface area contributed by atoms with Gasteiger partial charge in [-0.25, -0.2) is 0 Å². The zero-order valence-corrected chi connectivity index (χ0v) is 13.7. The van der Waals surface area contributed by atoms with Gasteiger partial charge in [-0.05, 0) is 32.8 Å². The van der Waals surface area contributed by atoms with Crippen LogP contribution in [0.4, 0.5) is 0 Å². The van der Waals surface area contributed by atoms with E-state index >= 15 is 0 Å². The van der Waals surface area contributed by atoms with Crippen molar-refractivity contribution in [3.63, 3.8) is 0 Å². The van der Waals surface area contributed by atoms with Crippen molar-refractivity contribution in [2.24, 2.45) is 0 Å². The molecule has 0 bridgehead atoms. The highest BCUT2D eigenvalue weighted by molar-refractivity contribution is 7.98. The number of hydrogen-bond acceptors (Lipinski definition) is 5. The molecule has 1 N–H and O–H groups in total. The molecule has 1 heterocycles. The molecule has 0 aliphatic heterocycles. The first-order chi connectivity index (χ1) is 10.7. The summed E-state index contributed by atoms with van der Waals surface area (Å²) < 4.78 is 7.93. The van der Waals surface area contributed by atoms with E-state index in [0.717, 1.165) is 35.1 Å². The van der Waals surface area contributed by atoms with E-state index in [0.29, 0.717) is 11.9 Å². The monoisotopic (exact) mass is 319 g/mol. The third-order valence-electron chi connectivity index (χ3n) is 3.48. The highest BCUT2D eigenvalue weighted by Crippen LogP contribution is 2.39. The minimum absolute atomic E-state index is 0.0584. The average Bonchev–Trinajstić information content (AvgIpc) is 3.26. The second-order valence-corrected chi connectivity index (χ2v) is 6.66. The van der Waals surface area contributed by atoms with Gasteiger partial charge in [0.25, 0.3) is 0 Å². The molecule has 118 valence electrons. The molecule has 1 fully saturated rings. The quantitative estimate of drug-likeness (QED) is 0.794. The number of aliphatic hydroxyl groups excluding tert-OH is 1. The van der Waals surface area contributed by atoms with Crippen molar-refractivity contribution in [3.05, 3.63) is 35.7 Å². The second-order valence-electron chi connectivity index (χ2n) is 5.72. The van der Waals surface area contributed by atoms with Crippen molar-refractivity contribution >= 4 is 11.8 Å². The summed E-state index contributed by atoms with van der Waals surface area (Å²) in [5.74, 6) is 2.36. The lowest BCUT2D eigenvalue weighted by Gasteiger charge is -2.14. The third kappa shape index (κ3) is 3.44. The van der Waals surface area contributed by atoms with E-state index in [1.54, 1.807) is 11.8 Å². The van der Waals surface area contributed by atoms with Crippen LogP contribution in [0.5, 0.6) is 5.75 Å². The number of nitrogens with zero attached hydrogens (tertiary/aromatic N) is 3. The second kappa shape index (κ2) is 6.71. The number of rotatable bonds is 7. The highest BCUT2D eigenvalue weighted by atomic mass is 32.2. The van der Waals surface area contributed by atoms with Gasteiger partial charge < -0.3 is 14.4 Å². The zero-order valence-electron chi connectivity index (χ0n) is 12.9. The first-order valence-corrected chi connectivity index (χ1v) is 8.59. The summed E-state index contributed by atoms with van der Waals surface area (Å²) in [6.45, 7) is 4.00. The lowest BCUT2D eigenvalue weighted by atomic mass is 10.2. The van der Waals surface area contributed by atoms with Gasteiger partial charge in [0, 0.05) is 17.4 Å². The topological polar surface area (TPSA) is 60.2 Å². The van der Waals surface area contributed by atoms with Gasteiger partial charge >= 0.3 is 0 Å². The van der Waals surface area contributed by atoms with Crippen LogP contribution in [-0.2, 0) is 12.4 Å². The molecule has 22 heavy (non-hydrogen) atoms. The molecule has 0 radical (unpaired) electrons. The fourth-order valence-electron chi connectivity index (χ4n) is 2.35. The normalized spacial score (nSPS) is 14.5. The van der Waals surface area contributed by atoms with Crippen LogP contribution in [0, 0.1) is 0 Å². The summed E-state index contributed by atoms with van der Waals surface area (Å²) in [5.41, 5.74) is 1.15. The molecule has 0 atom stereocenters. The number of aromatic nitrogens is 3. The Morgan fingerprint density at radius 3 is 2.77 bits per heavy atom. The standard InChI is InChI=1S/C16H21N3O2S/c1-11(2)21-14-6-4-3-5-12(14)10-22-16-18-17-15(9-20)19(16)13-7-8-13/h3-6,11,13,20H,7-10H2,1-2H3. The summed E-state index contributed by atoms with van der Waals surface area (Å²) in [7, 11) is 0. The summed E-state index contributed by atoms with van der Waals surface area (Å²) in [6, 6.07) is 8.55. The van der Waals surface area contributed by atoms with E-state index in [9.17, 15) is 5.11 Å². The maximum absolute atomic E-state index is 9.38. The van der Waals surface area contributed by atoms with Crippen LogP contribution in [0.2, 0.25) is 0 Å². The van der Waals surface area contributed by atoms with Crippen LogP contribution >= 0.6 is 11.8 Å². The Labute approximate surface area is 134 Å². The van der Waals surface area contributed by atoms with Crippen LogP contribution in [-0.4, -0.2) is 26.0 Å². The number of ether oxygens (including phenoxy) is 1. The number of benzene rings is 1. The Kier molecular flexibility index (Phi) is 4.69. The summed E-state index contributed by atoms with van der Waals surface area (Å²) in [5, 5.41) is 18.6. The molecule has 0 spiro atoms. The van der Waals surface area contributed by atoms with Gasteiger partial charge in [0.2, 0.25) is 0 Å². The molecular formula is C16H21N3O2S. The largest absolute Gasteiger partial charge is 0.491 e. The lowest BCUT2D eigenvalue weighted by molar-refractivity contribution is 0.240. The molecule has 0 unspecified atom stereocenters. The molecule has 1 saturated carbocycles. The minimum atomic E-state index is -0.0584. The molecular weight excluding hydrogens is 298 g/mol. The fraction of sp³-hybridized carbons (Fsp3) is 0.500. The SMILES string of the molecule is CC(C)Oc1ccccc1CSc1nnc(CO)n1C1CC1. The van der Waals surface area contributed by atoms with E-state index in [2.05, 4.69) is 20.8 Å². The summed E-state index contributed by atoms with van der Waals surface area (Å²) >= 11 is 1.64. The number of para-hydroxylation sites is 1. The predicted molar refractivity (Wildman–Crippen MR) is 86.0 cm³/mol. The first-order valence-electron chi connectivity index (χ1n) is 7.61. The molecule has 1 aromatic carbocycles. The van der Waals surface area contributed by atoms with Crippen molar-refractivity contribution in [2.45, 2.75) is 56.4 Å². The Morgan fingerprint density at radius 2 is 2.09 bits per heavy atom. The van der Waals surface area contributed by atoms with E-state index in [1.165, 1.54) is 0 Å². The molecule has 5 nitrogen and oxygen atoms in total. The van der Waals surface area contributed by atoms with Crippen molar-refractivity contribution in [2.75, 3.05) is 0 Å². The maximum Gasteiger partial charge on any atom is 0.191 e. The number of hydrogen-bond donors (Lipinski definition) is 1. The lowest BCUT2D eigenvalue weighted by Crippen LogP contribution is -2.07. The molecule has 3 rings (SSSR count). The number of thioether (sulfide) groups is 1. The predicted octanol–water partition coefficient (Wildman–Crippen LogP) is 3.18. The van der Waals surface area contributed by atoms with Crippen LogP contribution < -0.4 is 4.74 Å². The van der Waals surface area contributed by atoms with Crippen molar-refractivity contribution < 1.29 is 9.84 Å². The molecule has 1 aromatic heterocycles. The number of aliphatic hydroxyl groups is 1. The van der Waals surface area contributed by atoms with Gasteiger partial charge in [-0.15, -0.1) is 10.2 Å². The van der Waals surface area contributed by atoms with E-state index in [4.69, 9.17) is 4.74 Å². The molecule has 1 aliphatic carbocycles. The molecule has 2 aromatic rings. The summed E-state index contributed by atoms with van der Waals surface area (Å²) in [6.07, 6.45) is 2.44. The van der Waals surface area contributed by atoms with E-state index < -0.39 is 0 Å². The van der Waals surface area contributed by atoms with Gasteiger partial charge in [0.05, 0.1) is 6.10 Å². The van der Waals surface area contributed by atoms with Crippen molar-refractivity contribution in [1.82, 2.24) is 14.8 Å². The highest BCUT2D eigenvalue weighted by Gasteiger charge is 2.29. The molecule has 1 aliphatic rings. The van der Waals surface area contributed by atoms with Crippen LogP contribution in [0.1, 0.15) is 44.1 Å². The first kappa shape index (κ1) is 15.4. The van der Waals surface area contributed by atoms with Gasteiger partial charge in [-0.2, -0.15) is 0 Å². The van der Waals surface area contributed by atoms with Gasteiger partial charge in [0.15, 0.2) is 11.0 Å². The van der Waals surface area contributed by atoms with Crippen molar-refractivity contribution in [3.8, 4) is 5.75 Å². The smallest absolute Gasteiger partial charge is 0.191 e. The fourth-order valence-corrected chi connectivity index (χ4v) is 3.36. The molecule has 6 heteroatoms. The van der Waals surface area contributed by atoms with Gasteiger partial charge in [-0.3, -0.25) is 0 Å². The van der Waals surface area contributed by atoms with Crippen LogP contribution in [0.25, 0.3) is 0 Å². The van der Waals surface area contributed by atoms with Crippen molar-refractivity contribution in [1.29, 1.82) is 0 Å². The van der Waals surface area contributed by atoms with E-state index in [-0.39, 0.29) is 12.7 Å². The Morgan fingerprint density at radius 1 is 1.32 bits per heavy atom. The maximum atomic E-state index is 9.38.